The van der Waals surface area contributed by atoms with Crippen LogP contribution in [0.25, 0.3) is 0 Å². The number of hydrogen-bond donors (Lipinski definition) is 2. The molecule has 0 heterocycles. The fourth-order valence-corrected chi connectivity index (χ4v) is 2.81. The van der Waals surface area contributed by atoms with Crippen molar-refractivity contribution in [2.24, 2.45) is 5.10 Å². The molecule has 3 aromatic carbocycles. The van der Waals surface area contributed by atoms with Gasteiger partial charge in [0, 0.05) is 17.7 Å². The lowest BCUT2D eigenvalue weighted by atomic mass is 10.2. The second-order valence-electron chi connectivity index (χ2n) is 6.51. The van der Waals surface area contributed by atoms with Crippen LogP contribution in [0.2, 0.25) is 5.02 Å². The number of nitrogens with one attached hydrogen (secondary N) is 2. The number of halogens is 2. The summed E-state index contributed by atoms with van der Waals surface area (Å²) in [5.41, 5.74) is 2.95. The molecule has 0 spiro atoms. The lowest BCUT2D eigenvalue weighted by Gasteiger charge is -2.09. The Kier molecular flexibility index (Phi) is 7.66. The van der Waals surface area contributed by atoms with Crippen LogP contribution in [0.15, 0.2) is 71.8 Å². The Hall–Kier alpha value is -4.31. The fourth-order valence-electron chi connectivity index (χ4n) is 2.57. The molecule has 0 unspecified atom stereocenters. The number of para-hydroxylation sites is 1. The number of nitrogens with zero attached hydrogens (tertiary/aromatic N) is 2. The van der Waals surface area contributed by atoms with Crippen molar-refractivity contribution in [1.82, 2.24) is 5.43 Å². The molecule has 2 amide bonds. The number of rotatable bonds is 8. The number of non-ortho nitro benzene ring substituents is 1. The van der Waals surface area contributed by atoms with Crippen molar-refractivity contribution in [2.45, 2.75) is 0 Å². The Morgan fingerprint density at radius 3 is 2.52 bits per heavy atom. The highest BCUT2D eigenvalue weighted by Crippen LogP contribution is 2.25. The van der Waals surface area contributed by atoms with Crippen molar-refractivity contribution in [1.29, 1.82) is 0 Å². The van der Waals surface area contributed by atoms with E-state index in [1.54, 1.807) is 12.1 Å². The largest absolute Gasteiger partial charge is 0.482 e. The normalized spacial score (nSPS) is 10.6. The van der Waals surface area contributed by atoms with Gasteiger partial charge in [0.2, 0.25) is 0 Å². The molecule has 0 aliphatic rings. The number of hydrazone groups is 1. The van der Waals surface area contributed by atoms with E-state index < -0.39 is 22.6 Å². The summed E-state index contributed by atoms with van der Waals surface area (Å²) in [7, 11) is 0. The van der Waals surface area contributed by atoms with Crippen LogP contribution in [0.5, 0.6) is 5.75 Å². The number of nitro groups is 1. The van der Waals surface area contributed by atoms with Crippen molar-refractivity contribution in [3.8, 4) is 5.75 Å². The van der Waals surface area contributed by atoms with Gasteiger partial charge in [-0.2, -0.15) is 5.10 Å². The molecule has 11 heteroatoms. The van der Waals surface area contributed by atoms with E-state index in [2.05, 4.69) is 15.8 Å². The highest BCUT2D eigenvalue weighted by molar-refractivity contribution is 6.32. The third-order valence-corrected chi connectivity index (χ3v) is 4.48. The Morgan fingerprint density at radius 2 is 1.85 bits per heavy atom. The third-order valence-electron chi connectivity index (χ3n) is 4.18. The molecule has 3 rings (SSSR count). The maximum absolute atomic E-state index is 13.6. The molecule has 2 N–H and O–H groups in total. The van der Waals surface area contributed by atoms with Crippen molar-refractivity contribution in [3.05, 3.63) is 98.8 Å². The van der Waals surface area contributed by atoms with Gasteiger partial charge in [-0.25, -0.2) is 9.82 Å². The van der Waals surface area contributed by atoms with E-state index in [4.69, 9.17) is 16.3 Å². The molecule has 168 valence electrons. The van der Waals surface area contributed by atoms with E-state index in [1.807, 2.05) is 0 Å². The lowest BCUT2D eigenvalue weighted by Crippen LogP contribution is -2.20. The zero-order valence-corrected chi connectivity index (χ0v) is 17.6. The smallest absolute Gasteiger partial charge is 0.271 e. The summed E-state index contributed by atoms with van der Waals surface area (Å²) >= 11 is 6.16. The zero-order chi connectivity index (χ0) is 23.8. The highest BCUT2D eigenvalue weighted by Gasteiger charge is 2.10. The van der Waals surface area contributed by atoms with Gasteiger partial charge in [-0.15, -0.1) is 0 Å². The van der Waals surface area contributed by atoms with E-state index in [1.165, 1.54) is 60.8 Å². The minimum Gasteiger partial charge on any atom is -0.482 e. The summed E-state index contributed by atoms with van der Waals surface area (Å²) in [6, 6.07) is 15.4. The Balaban J connectivity index is 1.52. The number of nitro benzene ring substituents is 1. The molecule has 0 radical (unpaired) electrons. The Bertz CT molecular complexity index is 1220. The molecule has 0 saturated heterocycles. The number of hydrogen-bond acceptors (Lipinski definition) is 6. The van der Waals surface area contributed by atoms with E-state index in [0.717, 1.165) is 0 Å². The molecule has 9 nitrogen and oxygen atoms in total. The third kappa shape index (κ3) is 6.58. The van der Waals surface area contributed by atoms with Crippen molar-refractivity contribution in [3.63, 3.8) is 0 Å². The maximum Gasteiger partial charge on any atom is 0.271 e. The monoisotopic (exact) mass is 470 g/mol. The number of carbonyl (C=O) groups is 2. The highest BCUT2D eigenvalue weighted by atomic mass is 35.5. The lowest BCUT2D eigenvalue weighted by molar-refractivity contribution is -0.384. The number of amides is 2. The summed E-state index contributed by atoms with van der Waals surface area (Å²) in [5.74, 6) is -1.44. The first-order valence-corrected chi connectivity index (χ1v) is 9.76. The molecular formula is C22H16ClFN4O5. The summed E-state index contributed by atoms with van der Waals surface area (Å²) in [5, 5.41) is 17.1. The number of ether oxygens (including phenoxy) is 1. The van der Waals surface area contributed by atoms with Gasteiger partial charge in [0.25, 0.3) is 17.5 Å². The van der Waals surface area contributed by atoms with Gasteiger partial charge < -0.3 is 10.1 Å². The van der Waals surface area contributed by atoms with Crippen molar-refractivity contribution >= 4 is 41.0 Å². The summed E-state index contributed by atoms with van der Waals surface area (Å²) in [4.78, 5) is 34.1. The molecule has 0 aromatic heterocycles. The predicted octanol–water partition coefficient (Wildman–Crippen LogP) is 4.17. The number of carbonyl (C=O) groups excluding carboxylic acids is 2. The molecule has 0 atom stereocenters. The standard InChI is InChI=1S/C22H16ClFN4O5/c23-17-11-14(12-25-27-22(30)15-6-8-16(9-7-15)28(31)32)5-10-20(17)33-13-21(29)26-19-4-2-1-3-18(19)24/h1-12H,13H2,(H,26,29)(H,27,30)/b25-12+. The first-order valence-electron chi connectivity index (χ1n) is 9.38. The average Bonchev–Trinajstić information content (AvgIpc) is 2.80. The maximum atomic E-state index is 13.6. The van der Waals surface area contributed by atoms with Crippen LogP contribution >= 0.6 is 11.6 Å². The summed E-state index contributed by atoms with van der Waals surface area (Å²) in [6.07, 6.45) is 1.34. The van der Waals surface area contributed by atoms with Gasteiger partial charge in [0.15, 0.2) is 6.61 Å². The second kappa shape index (κ2) is 10.8. The second-order valence-corrected chi connectivity index (χ2v) is 6.92. The molecule has 3 aromatic rings. The summed E-state index contributed by atoms with van der Waals surface area (Å²) in [6.45, 7) is -0.382. The van der Waals surface area contributed by atoms with Crippen LogP contribution in [0.3, 0.4) is 0 Å². The molecule has 0 aliphatic heterocycles. The molecule has 0 fully saturated rings. The van der Waals surface area contributed by atoms with Gasteiger partial charge in [-0.3, -0.25) is 19.7 Å². The van der Waals surface area contributed by atoms with Gasteiger partial charge in [0.1, 0.15) is 11.6 Å². The predicted molar refractivity (Wildman–Crippen MR) is 120 cm³/mol. The molecular weight excluding hydrogens is 455 g/mol. The van der Waals surface area contributed by atoms with Crippen LogP contribution in [-0.2, 0) is 4.79 Å². The van der Waals surface area contributed by atoms with E-state index in [9.17, 15) is 24.1 Å². The molecule has 0 saturated carbocycles. The van der Waals surface area contributed by atoms with Crippen LogP contribution in [0, 0.1) is 15.9 Å². The minimum atomic E-state index is -0.563. The number of anilines is 1. The zero-order valence-electron chi connectivity index (χ0n) is 16.8. The van der Waals surface area contributed by atoms with Crippen LogP contribution in [-0.4, -0.2) is 29.6 Å². The van der Waals surface area contributed by atoms with E-state index >= 15 is 0 Å². The minimum absolute atomic E-state index is 0.0412. The Morgan fingerprint density at radius 1 is 1.12 bits per heavy atom. The summed E-state index contributed by atoms with van der Waals surface area (Å²) < 4.78 is 18.9. The molecule has 0 aliphatic carbocycles. The van der Waals surface area contributed by atoms with E-state index in [0.29, 0.717) is 5.56 Å². The van der Waals surface area contributed by atoms with Gasteiger partial charge in [-0.05, 0) is 48.0 Å². The SMILES string of the molecule is O=C(COc1ccc(/C=N/NC(=O)c2ccc([N+](=O)[O-])cc2)cc1Cl)Nc1ccccc1F. The molecule has 33 heavy (non-hydrogen) atoms. The van der Waals surface area contributed by atoms with E-state index in [-0.39, 0.29) is 34.3 Å². The van der Waals surface area contributed by atoms with Gasteiger partial charge in [0.05, 0.1) is 21.8 Å². The Labute approximate surface area is 192 Å². The first-order chi connectivity index (χ1) is 15.8. The van der Waals surface area contributed by atoms with Crippen molar-refractivity contribution < 1.29 is 23.6 Å². The van der Waals surface area contributed by atoms with Gasteiger partial charge >= 0.3 is 0 Å². The quantitative estimate of drug-likeness (QED) is 0.290. The van der Waals surface area contributed by atoms with Crippen LogP contribution < -0.4 is 15.5 Å². The topological polar surface area (TPSA) is 123 Å². The fraction of sp³-hybridized carbons (Fsp3) is 0.0455. The van der Waals surface area contributed by atoms with Crippen molar-refractivity contribution in [2.75, 3.05) is 11.9 Å². The molecule has 0 bridgehead atoms. The number of benzene rings is 3. The van der Waals surface area contributed by atoms with Crippen LogP contribution in [0.4, 0.5) is 15.8 Å². The average molecular weight is 471 g/mol. The van der Waals surface area contributed by atoms with Crippen LogP contribution in [0.1, 0.15) is 15.9 Å². The van der Waals surface area contributed by atoms with Gasteiger partial charge in [-0.1, -0.05) is 23.7 Å². The first kappa shape index (κ1) is 23.4.